The van der Waals surface area contributed by atoms with E-state index in [1.54, 1.807) is 0 Å². The summed E-state index contributed by atoms with van der Waals surface area (Å²) in [7, 11) is 0. The van der Waals surface area contributed by atoms with Crippen LogP contribution >= 0.6 is 11.6 Å². The van der Waals surface area contributed by atoms with Crippen LogP contribution in [0.15, 0.2) is 46.9 Å². The smallest absolute Gasteiger partial charge is 0.380 e. The van der Waals surface area contributed by atoms with Crippen LogP contribution in [0.5, 0.6) is 11.5 Å². The van der Waals surface area contributed by atoms with Crippen LogP contribution in [0.1, 0.15) is 37.0 Å². The summed E-state index contributed by atoms with van der Waals surface area (Å²) in [6.45, 7) is 3.96. The van der Waals surface area contributed by atoms with Crippen LogP contribution < -0.4 is 15.2 Å². The zero-order valence-corrected chi connectivity index (χ0v) is 20.6. The number of likely N-dealkylation sites (tertiary alicyclic amines) is 1. The fraction of sp³-hybridized carbons (Fsp3) is 0.444. The minimum Gasteiger partial charge on any atom is -0.486 e. The second-order valence-electron chi connectivity index (χ2n) is 9.64. The van der Waals surface area contributed by atoms with Gasteiger partial charge in [0.15, 0.2) is 17.3 Å². The molecule has 2 aliphatic heterocycles. The molecule has 1 saturated heterocycles. The first-order chi connectivity index (χ1) is 17.3. The lowest BCUT2D eigenvalue weighted by Crippen LogP contribution is -2.33. The SMILES string of the molecule is NC(=O)C(F)(F)c1cc2cc(Cl)ccc2o1.c1cc2c(cc1CCCN1CC3CCC1C3)OCCO2. The average molecular weight is 519 g/mol. The number of hydrogen-bond acceptors (Lipinski definition) is 5. The number of nitrogens with zero attached hydrogens (tertiary/aromatic N) is 1. The van der Waals surface area contributed by atoms with Gasteiger partial charge in [-0.15, -0.1) is 0 Å². The van der Waals surface area contributed by atoms with Crippen LogP contribution in [0.2, 0.25) is 5.02 Å². The summed E-state index contributed by atoms with van der Waals surface area (Å²) in [4.78, 5) is 13.3. The Balaban J connectivity index is 0.000000152. The van der Waals surface area contributed by atoms with E-state index in [0.29, 0.717) is 23.6 Å². The summed E-state index contributed by atoms with van der Waals surface area (Å²) < 4.78 is 42.5. The summed E-state index contributed by atoms with van der Waals surface area (Å²) in [5, 5.41) is 0.783. The third-order valence-electron chi connectivity index (χ3n) is 7.14. The molecular formula is C27H29ClF2N2O4. The third-order valence-corrected chi connectivity index (χ3v) is 7.37. The maximum atomic E-state index is 13.2. The molecule has 2 fully saturated rings. The van der Waals surface area contributed by atoms with Gasteiger partial charge in [0.25, 0.3) is 5.91 Å². The lowest BCUT2D eigenvalue weighted by molar-refractivity contribution is -0.145. The Morgan fingerprint density at radius 2 is 1.89 bits per heavy atom. The number of fused-ring (bicyclic) bond motifs is 4. The first-order valence-corrected chi connectivity index (χ1v) is 12.7. The molecule has 2 atom stereocenters. The lowest BCUT2D eigenvalue weighted by Gasteiger charge is -2.26. The Kier molecular flexibility index (Phi) is 7.08. The van der Waals surface area contributed by atoms with Crippen LogP contribution in [0.25, 0.3) is 11.0 Å². The minimum absolute atomic E-state index is 0.223. The molecule has 3 heterocycles. The number of carbonyl (C=O) groups is 1. The van der Waals surface area contributed by atoms with Gasteiger partial charge in [-0.1, -0.05) is 17.7 Å². The summed E-state index contributed by atoms with van der Waals surface area (Å²) in [5.41, 5.74) is 6.18. The molecule has 9 heteroatoms. The van der Waals surface area contributed by atoms with E-state index >= 15 is 0 Å². The highest BCUT2D eigenvalue weighted by Gasteiger charge is 2.42. The zero-order chi connectivity index (χ0) is 25.3. The van der Waals surface area contributed by atoms with E-state index in [1.165, 1.54) is 62.5 Å². The second kappa shape index (κ2) is 10.3. The Bertz CT molecular complexity index is 1250. The van der Waals surface area contributed by atoms with Gasteiger partial charge in [0, 0.05) is 23.0 Å². The van der Waals surface area contributed by atoms with Crippen molar-refractivity contribution in [3.8, 4) is 11.5 Å². The summed E-state index contributed by atoms with van der Waals surface area (Å²) in [6, 6.07) is 12.8. The van der Waals surface area contributed by atoms with Gasteiger partial charge in [-0.3, -0.25) is 4.79 Å². The Morgan fingerprint density at radius 1 is 1.08 bits per heavy atom. The van der Waals surface area contributed by atoms with Crippen LogP contribution in [0, 0.1) is 5.92 Å². The number of hydrogen-bond donors (Lipinski definition) is 1. The van der Waals surface area contributed by atoms with Crippen LogP contribution in [0.3, 0.4) is 0 Å². The lowest BCUT2D eigenvalue weighted by atomic mass is 10.1. The highest BCUT2D eigenvalue weighted by Crippen LogP contribution is 2.37. The van der Waals surface area contributed by atoms with Crippen LogP contribution in [0.4, 0.5) is 8.78 Å². The molecule has 3 aliphatic rings. The van der Waals surface area contributed by atoms with Crippen LogP contribution in [-0.2, 0) is 17.1 Å². The molecule has 0 spiro atoms. The normalized spacial score (nSPS) is 20.9. The number of halogens is 3. The molecule has 1 saturated carbocycles. The van der Waals surface area contributed by atoms with Crippen molar-refractivity contribution in [1.29, 1.82) is 0 Å². The molecule has 1 aromatic heterocycles. The van der Waals surface area contributed by atoms with E-state index in [-0.39, 0.29) is 5.58 Å². The maximum absolute atomic E-state index is 13.2. The number of benzene rings is 2. The number of ether oxygens (including phenoxy) is 2. The van der Waals surface area contributed by atoms with Crippen molar-refractivity contribution in [3.63, 3.8) is 0 Å². The Labute approximate surface area is 213 Å². The van der Waals surface area contributed by atoms with E-state index in [9.17, 15) is 13.6 Å². The standard InChI is InChI=1S/C17H23NO2.C10H6ClF2NO2/c1(7-18-12-14-3-5-15(18)10-14)2-13-4-6-16-17(11-13)20-9-8-19-16;11-6-1-2-7-5(3-6)4-8(16-7)10(12,13)9(14)15/h4,6,11,14-15H,1-3,5,7-10,12H2;1-4H,(H2,14,15). The first kappa shape index (κ1) is 24.8. The largest absolute Gasteiger partial charge is 0.486 e. The predicted molar refractivity (Wildman–Crippen MR) is 133 cm³/mol. The van der Waals surface area contributed by atoms with Crippen molar-refractivity contribution in [1.82, 2.24) is 4.90 Å². The monoisotopic (exact) mass is 518 g/mol. The molecule has 1 amide bonds. The molecule has 3 aromatic rings. The van der Waals surface area contributed by atoms with Gasteiger partial charge in [-0.2, -0.15) is 8.78 Å². The molecule has 2 bridgehead atoms. The topological polar surface area (TPSA) is 77.9 Å². The maximum Gasteiger partial charge on any atom is 0.380 e. The predicted octanol–water partition coefficient (Wildman–Crippen LogP) is 5.54. The molecule has 192 valence electrons. The Hall–Kier alpha value is -2.84. The summed E-state index contributed by atoms with van der Waals surface area (Å²) in [5.74, 6) is -3.51. The molecular weight excluding hydrogens is 490 g/mol. The van der Waals surface area contributed by atoms with Crippen molar-refractivity contribution >= 4 is 28.5 Å². The number of carbonyl (C=O) groups excluding carboxylic acids is 1. The number of furan rings is 1. The average Bonchev–Trinajstić information content (AvgIpc) is 3.60. The summed E-state index contributed by atoms with van der Waals surface area (Å²) >= 11 is 5.68. The number of piperidine rings is 1. The van der Waals surface area contributed by atoms with E-state index in [4.69, 9.17) is 25.5 Å². The number of rotatable bonds is 6. The number of nitrogens with two attached hydrogens (primary N) is 1. The van der Waals surface area contributed by atoms with Gasteiger partial charge in [0.1, 0.15) is 18.8 Å². The van der Waals surface area contributed by atoms with E-state index in [2.05, 4.69) is 28.8 Å². The Morgan fingerprint density at radius 3 is 2.61 bits per heavy atom. The van der Waals surface area contributed by atoms with Gasteiger partial charge in [-0.05, 0) is 86.5 Å². The number of primary amides is 1. The molecule has 2 N–H and O–H groups in total. The molecule has 6 rings (SSSR count). The van der Waals surface area contributed by atoms with Gasteiger partial charge >= 0.3 is 5.92 Å². The van der Waals surface area contributed by atoms with E-state index in [1.807, 2.05) is 0 Å². The highest BCUT2D eigenvalue weighted by atomic mass is 35.5. The quantitative estimate of drug-likeness (QED) is 0.463. The molecule has 0 radical (unpaired) electrons. The highest BCUT2D eigenvalue weighted by molar-refractivity contribution is 6.31. The fourth-order valence-corrected chi connectivity index (χ4v) is 5.50. The molecule has 2 aromatic carbocycles. The van der Waals surface area contributed by atoms with Crippen molar-refractivity contribution in [3.05, 3.63) is 58.8 Å². The number of alkyl halides is 2. The molecule has 36 heavy (non-hydrogen) atoms. The van der Waals surface area contributed by atoms with Gasteiger partial charge in [-0.25, -0.2) is 0 Å². The third kappa shape index (κ3) is 5.30. The van der Waals surface area contributed by atoms with E-state index < -0.39 is 17.6 Å². The van der Waals surface area contributed by atoms with Crippen LogP contribution in [-0.4, -0.2) is 43.2 Å². The number of amides is 1. The number of aryl methyl sites for hydroxylation is 1. The zero-order valence-electron chi connectivity index (χ0n) is 19.9. The van der Waals surface area contributed by atoms with Gasteiger partial charge in [0.2, 0.25) is 0 Å². The second-order valence-corrected chi connectivity index (χ2v) is 10.1. The van der Waals surface area contributed by atoms with E-state index in [0.717, 1.165) is 35.9 Å². The molecule has 6 nitrogen and oxygen atoms in total. The fourth-order valence-electron chi connectivity index (χ4n) is 5.32. The van der Waals surface area contributed by atoms with Crippen molar-refractivity contribution in [2.45, 2.75) is 44.1 Å². The van der Waals surface area contributed by atoms with Crippen molar-refractivity contribution < 1.29 is 27.5 Å². The summed E-state index contributed by atoms with van der Waals surface area (Å²) in [6.07, 6.45) is 6.77. The molecule has 2 unspecified atom stereocenters. The minimum atomic E-state index is -3.81. The van der Waals surface area contributed by atoms with Crippen molar-refractivity contribution in [2.75, 3.05) is 26.3 Å². The van der Waals surface area contributed by atoms with Crippen molar-refractivity contribution in [2.24, 2.45) is 11.7 Å². The van der Waals surface area contributed by atoms with Gasteiger partial charge in [0.05, 0.1) is 0 Å². The first-order valence-electron chi connectivity index (χ1n) is 12.3. The van der Waals surface area contributed by atoms with Gasteiger partial charge < -0.3 is 24.5 Å². The molecule has 1 aliphatic carbocycles.